The van der Waals surface area contributed by atoms with Crippen molar-refractivity contribution in [1.29, 1.82) is 0 Å². The normalized spacial score (nSPS) is 13.5. The Bertz CT molecular complexity index is 322. The molecule has 1 aromatic carbocycles. The first-order valence-electron chi connectivity index (χ1n) is 6.32. The summed E-state index contributed by atoms with van der Waals surface area (Å²) in [4.78, 5) is 0. The number of aliphatic hydroxyl groups is 1. The first kappa shape index (κ1) is 14.0. The van der Waals surface area contributed by atoms with Gasteiger partial charge >= 0.3 is 0 Å². The average molecular weight is 236 g/mol. The van der Waals surface area contributed by atoms with Gasteiger partial charge in [-0.25, -0.2) is 0 Å². The molecule has 96 valence electrons. The summed E-state index contributed by atoms with van der Waals surface area (Å²) < 4.78 is 5.44. The molecule has 0 radical (unpaired) electrons. The van der Waals surface area contributed by atoms with Crippen LogP contribution in [0.3, 0.4) is 0 Å². The van der Waals surface area contributed by atoms with E-state index in [9.17, 15) is 5.11 Å². The molecule has 2 nitrogen and oxygen atoms in total. The van der Waals surface area contributed by atoms with Gasteiger partial charge in [0.1, 0.15) is 5.75 Å². The molecule has 2 heteroatoms. The molecule has 0 spiro atoms. The van der Waals surface area contributed by atoms with E-state index in [1.807, 2.05) is 19.1 Å². The maximum atomic E-state index is 9.18. The molecule has 0 aromatic heterocycles. The number of hydrogen-bond acceptors (Lipinski definition) is 2. The van der Waals surface area contributed by atoms with Gasteiger partial charge in [0.2, 0.25) is 0 Å². The van der Waals surface area contributed by atoms with Gasteiger partial charge in [0.25, 0.3) is 0 Å². The summed E-state index contributed by atoms with van der Waals surface area (Å²) in [6.07, 6.45) is 0.803. The SMILES string of the molecule is CCOc1ccc(C(CCO)C(C)(C)C)cc1. The Morgan fingerprint density at radius 3 is 2.18 bits per heavy atom. The van der Waals surface area contributed by atoms with Crippen molar-refractivity contribution >= 4 is 0 Å². The minimum Gasteiger partial charge on any atom is -0.494 e. The molecular weight excluding hydrogens is 212 g/mol. The van der Waals surface area contributed by atoms with E-state index in [-0.39, 0.29) is 12.0 Å². The molecule has 0 saturated carbocycles. The Kier molecular flexibility index (Phi) is 5.01. The number of hydrogen-bond donors (Lipinski definition) is 1. The Morgan fingerprint density at radius 1 is 1.18 bits per heavy atom. The number of benzene rings is 1. The molecule has 1 atom stereocenters. The van der Waals surface area contributed by atoms with Crippen molar-refractivity contribution in [2.45, 2.75) is 40.0 Å². The van der Waals surface area contributed by atoms with Crippen LogP contribution in [0.5, 0.6) is 5.75 Å². The lowest BCUT2D eigenvalue weighted by atomic mass is 9.75. The van der Waals surface area contributed by atoms with Gasteiger partial charge in [0.05, 0.1) is 6.61 Å². The lowest BCUT2D eigenvalue weighted by Gasteiger charge is -2.30. The van der Waals surface area contributed by atoms with Crippen LogP contribution in [-0.2, 0) is 0 Å². The van der Waals surface area contributed by atoms with Crippen LogP contribution >= 0.6 is 0 Å². The van der Waals surface area contributed by atoms with E-state index in [4.69, 9.17) is 4.74 Å². The fraction of sp³-hybridized carbons (Fsp3) is 0.600. The molecule has 1 N–H and O–H groups in total. The summed E-state index contributed by atoms with van der Waals surface area (Å²) in [5.74, 6) is 1.29. The third-order valence-corrected chi connectivity index (χ3v) is 3.06. The summed E-state index contributed by atoms with van der Waals surface area (Å²) in [6.45, 7) is 9.54. The number of rotatable bonds is 5. The Labute approximate surface area is 105 Å². The van der Waals surface area contributed by atoms with Gasteiger partial charge in [0, 0.05) is 6.61 Å². The second kappa shape index (κ2) is 6.06. The molecule has 0 amide bonds. The fourth-order valence-corrected chi connectivity index (χ4v) is 2.19. The summed E-state index contributed by atoms with van der Waals surface area (Å²) in [7, 11) is 0. The van der Waals surface area contributed by atoms with Crippen molar-refractivity contribution in [3.8, 4) is 5.75 Å². The van der Waals surface area contributed by atoms with Crippen LogP contribution < -0.4 is 4.74 Å². The highest BCUT2D eigenvalue weighted by Crippen LogP contribution is 2.37. The van der Waals surface area contributed by atoms with E-state index in [0.717, 1.165) is 12.2 Å². The summed E-state index contributed by atoms with van der Waals surface area (Å²) in [5.41, 5.74) is 1.44. The molecule has 1 unspecified atom stereocenters. The maximum absolute atomic E-state index is 9.18. The van der Waals surface area contributed by atoms with E-state index in [2.05, 4.69) is 32.9 Å². The average Bonchev–Trinajstić information content (AvgIpc) is 2.26. The minimum absolute atomic E-state index is 0.163. The molecular formula is C15H24O2. The molecule has 0 aliphatic rings. The minimum atomic E-state index is 0.163. The first-order chi connectivity index (χ1) is 7.99. The summed E-state index contributed by atoms with van der Waals surface area (Å²) >= 11 is 0. The van der Waals surface area contributed by atoms with E-state index >= 15 is 0 Å². The zero-order chi connectivity index (χ0) is 12.9. The van der Waals surface area contributed by atoms with Gasteiger partial charge in [-0.3, -0.25) is 0 Å². The van der Waals surface area contributed by atoms with Crippen LogP contribution in [0.25, 0.3) is 0 Å². The lowest BCUT2D eigenvalue weighted by Crippen LogP contribution is -2.19. The highest BCUT2D eigenvalue weighted by Gasteiger charge is 2.25. The Hall–Kier alpha value is -1.02. The van der Waals surface area contributed by atoms with Crippen LogP contribution in [0.15, 0.2) is 24.3 Å². The zero-order valence-corrected chi connectivity index (χ0v) is 11.4. The Morgan fingerprint density at radius 2 is 1.76 bits per heavy atom. The standard InChI is InChI=1S/C15H24O2/c1-5-17-13-8-6-12(7-9-13)14(10-11-16)15(2,3)4/h6-9,14,16H,5,10-11H2,1-4H3. The van der Waals surface area contributed by atoms with Crippen LogP contribution in [0.2, 0.25) is 0 Å². The van der Waals surface area contributed by atoms with Crippen LogP contribution in [0, 0.1) is 5.41 Å². The van der Waals surface area contributed by atoms with Crippen LogP contribution in [0.4, 0.5) is 0 Å². The predicted octanol–water partition coefficient (Wildman–Crippen LogP) is 3.60. The molecule has 0 saturated heterocycles. The topological polar surface area (TPSA) is 29.5 Å². The van der Waals surface area contributed by atoms with Crippen molar-refractivity contribution in [1.82, 2.24) is 0 Å². The van der Waals surface area contributed by atoms with Gasteiger partial charge in [0.15, 0.2) is 0 Å². The van der Waals surface area contributed by atoms with Crippen molar-refractivity contribution in [3.05, 3.63) is 29.8 Å². The highest BCUT2D eigenvalue weighted by atomic mass is 16.5. The molecule has 0 aliphatic carbocycles. The second-order valence-corrected chi connectivity index (χ2v) is 5.43. The van der Waals surface area contributed by atoms with E-state index in [1.165, 1.54) is 5.56 Å². The quantitative estimate of drug-likeness (QED) is 0.846. The van der Waals surface area contributed by atoms with Crippen molar-refractivity contribution in [2.24, 2.45) is 5.41 Å². The molecule has 0 aliphatic heterocycles. The fourth-order valence-electron chi connectivity index (χ4n) is 2.19. The third kappa shape index (κ3) is 4.04. The van der Waals surface area contributed by atoms with Crippen molar-refractivity contribution < 1.29 is 9.84 Å². The monoisotopic (exact) mass is 236 g/mol. The predicted molar refractivity (Wildman–Crippen MR) is 71.5 cm³/mol. The van der Waals surface area contributed by atoms with Crippen molar-refractivity contribution in [3.63, 3.8) is 0 Å². The summed E-state index contributed by atoms with van der Waals surface area (Å²) in [6, 6.07) is 8.23. The third-order valence-electron chi connectivity index (χ3n) is 3.06. The highest BCUT2D eigenvalue weighted by molar-refractivity contribution is 5.30. The van der Waals surface area contributed by atoms with Crippen LogP contribution in [0.1, 0.15) is 45.6 Å². The Balaban J connectivity index is 2.87. The molecule has 0 heterocycles. The van der Waals surface area contributed by atoms with Gasteiger partial charge in [-0.2, -0.15) is 0 Å². The molecule has 1 rings (SSSR count). The lowest BCUT2D eigenvalue weighted by molar-refractivity contribution is 0.223. The smallest absolute Gasteiger partial charge is 0.119 e. The van der Waals surface area contributed by atoms with Crippen LogP contribution in [-0.4, -0.2) is 18.3 Å². The molecule has 0 fully saturated rings. The molecule has 17 heavy (non-hydrogen) atoms. The second-order valence-electron chi connectivity index (χ2n) is 5.43. The first-order valence-corrected chi connectivity index (χ1v) is 6.32. The van der Waals surface area contributed by atoms with Gasteiger partial charge in [-0.05, 0) is 42.4 Å². The van der Waals surface area contributed by atoms with Gasteiger partial charge in [-0.1, -0.05) is 32.9 Å². The largest absolute Gasteiger partial charge is 0.494 e. The van der Waals surface area contributed by atoms with E-state index < -0.39 is 0 Å². The van der Waals surface area contributed by atoms with Gasteiger partial charge in [-0.15, -0.1) is 0 Å². The maximum Gasteiger partial charge on any atom is 0.119 e. The summed E-state index contributed by atoms with van der Waals surface area (Å²) in [5, 5.41) is 9.18. The molecule has 0 bridgehead atoms. The zero-order valence-electron chi connectivity index (χ0n) is 11.4. The van der Waals surface area contributed by atoms with E-state index in [0.29, 0.717) is 12.5 Å². The van der Waals surface area contributed by atoms with Crippen molar-refractivity contribution in [2.75, 3.05) is 13.2 Å². The molecule has 1 aromatic rings. The van der Waals surface area contributed by atoms with E-state index in [1.54, 1.807) is 0 Å². The number of aliphatic hydroxyl groups excluding tert-OH is 1. The number of ether oxygens (including phenoxy) is 1. The van der Waals surface area contributed by atoms with Gasteiger partial charge < -0.3 is 9.84 Å².